The van der Waals surface area contributed by atoms with Crippen LogP contribution in [0, 0.1) is 3.57 Å². The van der Waals surface area contributed by atoms with E-state index in [1.54, 1.807) is 18.2 Å². The van der Waals surface area contributed by atoms with Crippen LogP contribution in [0.5, 0.6) is 0 Å². The van der Waals surface area contributed by atoms with E-state index in [0.29, 0.717) is 10.6 Å². The van der Waals surface area contributed by atoms with Gasteiger partial charge >= 0.3 is 0 Å². The second kappa shape index (κ2) is 4.52. The molecule has 0 saturated carbocycles. The average Bonchev–Trinajstić information content (AvgIpc) is 2.70. The van der Waals surface area contributed by atoms with Crippen LogP contribution in [-0.2, 0) is 10.0 Å². The molecular formula is C8H6ClIN4O2S. The lowest BCUT2D eigenvalue weighted by Crippen LogP contribution is -2.13. The standard InChI is InChI=1S/C8H6ClIN4O2S/c9-5-3-4(1-2-6(5)10)7-12-8(14-13-7)17(11,15)16/h1-3H,(H2,11,15,16)(H,12,13,14). The molecule has 3 N–H and O–H groups in total. The van der Waals surface area contributed by atoms with Gasteiger partial charge in [0.05, 0.1) is 5.02 Å². The van der Waals surface area contributed by atoms with Gasteiger partial charge < -0.3 is 0 Å². The Hall–Kier alpha value is -0.710. The van der Waals surface area contributed by atoms with Gasteiger partial charge in [-0.15, -0.1) is 0 Å². The van der Waals surface area contributed by atoms with Crippen LogP contribution in [0.3, 0.4) is 0 Å². The molecule has 0 amide bonds. The predicted octanol–water partition coefficient (Wildman–Crippen LogP) is 1.38. The smallest absolute Gasteiger partial charge is 0.248 e. The molecule has 1 aromatic heterocycles. The number of sulfonamides is 1. The predicted molar refractivity (Wildman–Crippen MR) is 70.9 cm³/mol. The van der Waals surface area contributed by atoms with Crippen LogP contribution in [-0.4, -0.2) is 23.6 Å². The number of nitrogens with zero attached hydrogens (tertiary/aromatic N) is 2. The number of H-pyrrole nitrogens is 1. The summed E-state index contributed by atoms with van der Waals surface area (Å²) in [5.74, 6) is 0.229. The lowest BCUT2D eigenvalue weighted by Gasteiger charge is -1.98. The van der Waals surface area contributed by atoms with Crippen molar-refractivity contribution in [3.63, 3.8) is 0 Å². The first kappa shape index (κ1) is 12.7. The van der Waals surface area contributed by atoms with E-state index in [4.69, 9.17) is 16.7 Å². The van der Waals surface area contributed by atoms with Gasteiger partial charge in [-0.05, 0) is 40.8 Å². The first-order valence-corrected chi connectivity index (χ1v) is 7.29. The van der Waals surface area contributed by atoms with Gasteiger partial charge in [0, 0.05) is 9.13 Å². The molecule has 17 heavy (non-hydrogen) atoms. The zero-order valence-corrected chi connectivity index (χ0v) is 11.9. The molecule has 2 aromatic rings. The minimum Gasteiger partial charge on any atom is -0.248 e. The Morgan fingerprint density at radius 1 is 1.41 bits per heavy atom. The summed E-state index contributed by atoms with van der Waals surface area (Å²) in [5.41, 5.74) is 0.613. The average molecular weight is 385 g/mol. The van der Waals surface area contributed by atoms with Crippen molar-refractivity contribution in [3.05, 3.63) is 26.8 Å². The zero-order valence-electron chi connectivity index (χ0n) is 8.18. The van der Waals surface area contributed by atoms with Gasteiger partial charge in [0.1, 0.15) is 0 Å². The van der Waals surface area contributed by atoms with Crippen molar-refractivity contribution in [3.8, 4) is 11.4 Å². The fourth-order valence-corrected chi connectivity index (χ4v) is 2.04. The number of nitrogens with one attached hydrogen (secondary N) is 1. The van der Waals surface area contributed by atoms with E-state index in [-0.39, 0.29) is 11.0 Å². The Morgan fingerprint density at radius 2 is 2.12 bits per heavy atom. The van der Waals surface area contributed by atoms with Crippen LogP contribution >= 0.6 is 34.2 Å². The van der Waals surface area contributed by atoms with Gasteiger partial charge in [-0.1, -0.05) is 11.6 Å². The molecule has 0 atom stereocenters. The second-order valence-electron chi connectivity index (χ2n) is 3.14. The van der Waals surface area contributed by atoms with Gasteiger partial charge in [-0.2, -0.15) is 10.1 Å². The molecule has 0 bridgehead atoms. The molecule has 2 rings (SSSR count). The van der Waals surface area contributed by atoms with Gasteiger partial charge in [-0.25, -0.2) is 18.7 Å². The summed E-state index contributed by atoms with van der Waals surface area (Å²) in [6, 6.07) is 5.17. The molecule has 90 valence electrons. The minimum atomic E-state index is -3.87. The Bertz CT molecular complexity index is 670. The number of halogens is 2. The highest BCUT2D eigenvalue weighted by Gasteiger charge is 2.15. The third-order valence-electron chi connectivity index (χ3n) is 1.91. The molecular weight excluding hydrogens is 379 g/mol. The van der Waals surface area contributed by atoms with E-state index in [1.807, 2.05) is 0 Å². The van der Waals surface area contributed by atoms with Crippen LogP contribution in [0.1, 0.15) is 0 Å². The van der Waals surface area contributed by atoms with Crippen molar-refractivity contribution in [2.45, 2.75) is 5.16 Å². The summed E-state index contributed by atoms with van der Waals surface area (Å²) in [4.78, 5) is 3.78. The van der Waals surface area contributed by atoms with Gasteiger partial charge in [-0.3, -0.25) is 0 Å². The van der Waals surface area contributed by atoms with E-state index < -0.39 is 10.0 Å². The van der Waals surface area contributed by atoms with Crippen molar-refractivity contribution in [1.82, 2.24) is 15.2 Å². The molecule has 0 unspecified atom stereocenters. The fourth-order valence-electron chi connectivity index (χ4n) is 1.14. The SMILES string of the molecule is NS(=O)(=O)c1nc(-c2ccc(I)c(Cl)c2)n[nH]1. The second-order valence-corrected chi connectivity index (χ2v) is 6.18. The molecule has 0 aliphatic rings. The Kier molecular flexibility index (Phi) is 3.39. The molecule has 0 aliphatic heterocycles. The van der Waals surface area contributed by atoms with Gasteiger partial charge in [0.15, 0.2) is 5.82 Å². The maximum atomic E-state index is 11.0. The number of aromatic nitrogens is 3. The molecule has 0 spiro atoms. The molecule has 0 saturated heterocycles. The number of nitrogens with two attached hydrogens (primary N) is 1. The van der Waals surface area contributed by atoms with E-state index in [9.17, 15) is 8.42 Å². The number of aromatic amines is 1. The number of hydrogen-bond acceptors (Lipinski definition) is 4. The highest BCUT2D eigenvalue weighted by molar-refractivity contribution is 14.1. The van der Waals surface area contributed by atoms with Crippen molar-refractivity contribution in [1.29, 1.82) is 0 Å². The summed E-state index contributed by atoms with van der Waals surface area (Å²) in [6.07, 6.45) is 0. The Labute approximate surface area is 116 Å². The molecule has 1 heterocycles. The van der Waals surface area contributed by atoms with E-state index in [1.165, 1.54) is 0 Å². The van der Waals surface area contributed by atoms with Crippen LogP contribution in [0.4, 0.5) is 0 Å². The van der Waals surface area contributed by atoms with E-state index >= 15 is 0 Å². The first-order valence-electron chi connectivity index (χ1n) is 4.28. The van der Waals surface area contributed by atoms with Crippen molar-refractivity contribution < 1.29 is 8.42 Å². The highest BCUT2D eigenvalue weighted by Crippen LogP contribution is 2.24. The Balaban J connectivity index is 2.47. The first-order chi connectivity index (χ1) is 7.88. The number of benzene rings is 1. The van der Waals surface area contributed by atoms with Crippen LogP contribution in [0.25, 0.3) is 11.4 Å². The minimum absolute atomic E-state index is 0.229. The summed E-state index contributed by atoms with van der Waals surface area (Å²) >= 11 is 8.03. The molecule has 0 radical (unpaired) electrons. The van der Waals surface area contributed by atoms with Crippen LogP contribution in [0.15, 0.2) is 23.4 Å². The summed E-state index contributed by atoms with van der Waals surface area (Å²) < 4.78 is 22.9. The third kappa shape index (κ3) is 2.76. The summed E-state index contributed by atoms with van der Waals surface area (Å²) in [6.45, 7) is 0. The van der Waals surface area contributed by atoms with Gasteiger partial charge in [0.2, 0.25) is 0 Å². The topological polar surface area (TPSA) is 102 Å². The molecule has 9 heteroatoms. The highest BCUT2D eigenvalue weighted by atomic mass is 127. The molecule has 6 nitrogen and oxygen atoms in total. The van der Waals surface area contributed by atoms with Crippen molar-refractivity contribution in [2.75, 3.05) is 0 Å². The zero-order chi connectivity index (χ0) is 12.6. The lowest BCUT2D eigenvalue weighted by atomic mass is 10.2. The lowest BCUT2D eigenvalue weighted by molar-refractivity contribution is 0.589. The van der Waals surface area contributed by atoms with Gasteiger partial charge in [0.25, 0.3) is 15.2 Å². The summed E-state index contributed by atoms with van der Waals surface area (Å²) in [5, 5.41) is 11.1. The fraction of sp³-hybridized carbons (Fsp3) is 0. The summed E-state index contributed by atoms with van der Waals surface area (Å²) in [7, 11) is -3.87. The molecule has 0 aliphatic carbocycles. The van der Waals surface area contributed by atoms with Crippen LogP contribution < -0.4 is 5.14 Å². The maximum Gasteiger partial charge on any atom is 0.273 e. The third-order valence-corrected chi connectivity index (χ3v) is 4.21. The monoisotopic (exact) mass is 384 g/mol. The quantitative estimate of drug-likeness (QED) is 0.764. The van der Waals surface area contributed by atoms with Crippen LogP contribution in [0.2, 0.25) is 5.02 Å². The number of rotatable bonds is 2. The number of hydrogen-bond donors (Lipinski definition) is 2. The molecule has 0 fully saturated rings. The normalized spacial score (nSPS) is 11.7. The number of primary sulfonamides is 1. The van der Waals surface area contributed by atoms with Crippen molar-refractivity contribution >= 4 is 44.2 Å². The maximum absolute atomic E-state index is 11.0. The Morgan fingerprint density at radius 3 is 2.65 bits per heavy atom. The van der Waals surface area contributed by atoms with Crippen molar-refractivity contribution in [2.24, 2.45) is 5.14 Å². The largest absolute Gasteiger partial charge is 0.273 e. The van der Waals surface area contributed by atoms with E-state index in [2.05, 4.69) is 37.8 Å². The van der Waals surface area contributed by atoms with E-state index in [0.717, 1.165) is 3.57 Å². The molecule has 1 aromatic carbocycles.